The number of nitrogens with zero attached hydrogens (tertiary/aromatic N) is 3. The first kappa shape index (κ1) is 24.8. The molecule has 9 nitrogen and oxygen atoms in total. The van der Waals surface area contributed by atoms with Crippen LogP contribution in [0.2, 0.25) is 0 Å². The van der Waals surface area contributed by atoms with Gasteiger partial charge >= 0.3 is 0 Å². The summed E-state index contributed by atoms with van der Waals surface area (Å²) in [7, 11) is -3.73. The van der Waals surface area contributed by atoms with Crippen molar-refractivity contribution in [2.45, 2.75) is 39.0 Å². The Morgan fingerprint density at radius 2 is 1.82 bits per heavy atom. The van der Waals surface area contributed by atoms with Crippen molar-refractivity contribution in [3.05, 3.63) is 41.3 Å². The zero-order chi connectivity index (χ0) is 24.0. The van der Waals surface area contributed by atoms with E-state index in [4.69, 9.17) is 14.0 Å². The van der Waals surface area contributed by atoms with Crippen molar-refractivity contribution >= 4 is 22.0 Å². The molecule has 1 aliphatic rings. The second kappa shape index (κ2) is 10.8. The molecule has 1 aromatic heterocycles. The van der Waals surface area contributed by atoms with Gasteiger partial charge in [-0.15, -0.1) is 0 Å². The molecule has 2 aromatic rings. The third-order valence-electron chi connectivity index (χ3n) is 5.32. The summed E-state index contributed by atoms with van der Waals surface area (Å²) in [6.45, 7) is 9.37. The van der Waals surface area contributed by atoms with Gasteiger partial charge in [-0.2, -0.15) is 4.31 Å². The molecule has 0 unspecified atom stereocenters. The number of carbonyl (C=O) groups is 1. The normalized spacial score (nSPS) is 15.6. The molecule has 1 amide bonds. The summed E-state index contributed by atoms with van der Waals surface area (Å²) in [6.07, 6.45) is 3.77. The number of benzene rings is 1. The number of aryl methyl sites for hydroxylation is 2. The topological polar surface area (TPSA) is 102 Å². The van der Waals surface area contributed by atoms with Crippen molar-refractivity contribution < 1.29 is 27.2 Å². The molecule has 10 heteroatoms. The van der Waals surface area contributed by atoms with E-state index in [2.05, 4.69) is 5.16 Å². The van der Waals surface area contributed by atoms with Gasteiger partial charge < -0.3 is 18.9 Å². The molecule has 0 N–H and O–H groups in total. The predicted molar refractivity (Wildman–Crippen MR) is 124 cm³/mol. The third-order valence-corrected chi connectivity index (χ3v) is 7.46. The largest absolute Gasteiger partial charge is 0.490 e. The van der Waals surface area contributed by atoms with E-state index in [0.717, 1.165) is 5.56 Å². The highest BCUT2D eigenvalue weighted by Gasteiger charge is 2.32. The molecule has 0 spiro atoms. The van der Waals surface area contributed by atoms with Gasteiger partial charge in [0.1, 0.15) is 10.6 Å². The molecule has 1 aromatic carbocycles. The Morgan fingerprint density at radius 3 is 2.48 bits per heavy atom. The van der Waals surface area contributed by atoms with Crippen LogP contribution >= 0.6 is 0 Å². The Labute approximate surface area is 195 Å². The molecule has 2 heterocycles. The van der Waals surface area contributed by atoms with E-state index < -0.39 is 10.0 Å². The Hall–Kier alpha value is -2.85. The summed E-state index contributed by atoms with van der Waals surface area (Å²) in [6, 6.07) is 5.51. The first-order valence-corrected chi connectivity index (χ1v) is 12.5. The number of rotatable bonds is 8. The number of ether oxygens (including phenoxy) is 2. The standard InChI is InChI=1S/C23H31N3O6S/c1-5-30-20-10-8-19(16-21(20)31-6-2)9-11-22(27)25-12-7-13-26(15-14-25)33(28,29)23-17(3)24-32-18(23)4/h8-11,16H,5-7,12-15H2,1-4H3/b11-9+. The molecule has 3 rings (SSSR count). The second-order valence-corrected chi connectivity index (χ2v) is 9.52. The van der Waals surface area contributed by atoms with Crippen LogP contribution in [0.1, 0.15) is 37.3 Å². The molecule has 0 saturated carbocycles. The molecule has 0 aliphatic carbocycles. The zero-order valence-corrected chi connectivity index (χ0v) is 20.4. The number of carbonyl (C=O) groups excluding carboxylic acids is 1. The van der Waals surface area contributed by atoms with Crippen molar-refractivity contribution in [2.24, 2.45) is 0 Å². The van der Waals surface area contributed by atoms with E-state index in [0.29, 0.717) is 56.5 Å². The summed E-state index contributed by atoms with van der Waals surface area (Å²) in [5.41, 5.74) is 1.15. The average Bonchev–Trinajstić information content (AvgIpc) is 2.98. The minimum Gasteiger partial charge on any atom is -0.490 e. The molecular weight excluding hydrogens is 446 g/mol. The van der Waals surface area contributed by atoms with Crippen LogP contribution in [0, 0.1) is 13.8 Å². The quantitative estimate of drug-likeness (QED) is 0.539. The van der Waals surface area contributed by atoms with E-state index in [1.54, 1.807) is 24.8 Å². The maximum absolute atomic E-state index is 13.1. The minimum absolute atomic E-state index is 0.114. The molecule has 33 heavy (non-hydrogen) atoms. The van der Waals surface area contributed by atoms with Crippen molar-refractivity contribution in [1.82, 2.24) is 14.4 Å². The second-order valence-electron chi connectivity index (χ2n) is 7.64. The first-order valence-electron chi connectivity index (χ1n) is 11.1. The van der Waals surface area contributed by atoms with Crippen LogP contribution in [0.4, 0.5) is 0 Å². The predicted octanol–water partition coefficient (Wildman–Crippen LogP) is 3.03. The molecule has 1 saturated heterocycles. The van der Waals surface area contributed by atoms with Crippen LogP contribution in [-0.4, -0.2) is 68.1 Å². The summed E-state index contributed by atoms with van der Waals surface area (Å²) < 4.78 is 43.8. The fraction of sp³-hybridized carbons (Fsp3) is 0.478. The van der Waals surface area contributed by atoms with Gasteiger partial charge in [0.25, 0.3) is 0 Å². The van der Waals surface area contributed by atoms with Gasteiger partial charge in [-0.3, -0.25) is 4.79 Å². The van der Waals surface area contributed by atoms with Gasteiger partial charge in [-0.1, -0.05) is 11.2 Å². The van der Waals surface area contributed by atoms with E-state index in [-0.39, 0.29) is 23.1 Å². The van der Waals surface area contributed by atoms with Gasteiger partial charge in [-0.05, 0) is 57.9 Å². The average molecular weight is 478 g/mol. The monoisotopic (exact) mass is 477 g/mol. The van der Waals surface area contributed by atoms with Crippen LogP contribution in [-0.2, 0) is 14.8 Å². The lowest BCUT2D eigenvalue weighted by Crippen LogP contribution is -2.37. The maximum Gasteiger partial charge on any atom is 0.248 e. The Bertz CT molecular complexity index is 1090. The highest BCUT2D eigenvalue weighted by Crippen LogP contribution is 2.29. The summed E-state index contributed by atoms with van der Waals surface area (Å²) in [4.78, 5) is 14.6. The summed E-state index contributed by atoms with van der Waals surface area (Å²) in [5.74, 6) is 1.40. The lowest BCUT2D eigenvalue weighted by Gasteiger charge is -2.21. The highest BCUT2D eigenvalue weighted by molar-refractivity contribution is 7.89. The Balaban J connectivity index is 1.67. The Morgan fingerprint density at radius 1 is 1.09 bits per heavy atom. The van der Waals surface area contributed by atoms with Crippen LogP contribution in [0.5, 0.6) is 11.5 Å². The maximum atomic E-state index is 13.1. The molecule has 0 radical (unpaired) electrons. The third kappa shape index (κ3) is 5.75. The smallest absolute Gasteiger partial charge is 0.248 e. The number of amides is 1. The van der Waals surface area contributed by atoms with Gasteiger partial charge in [0, 0.05) is 32.3 Å². The highest BCUT2D eigenvalue weighted by atomic mass is 32.2. The zero-order valence-electron chi connectivity index (χ0n) is 19.5. The van der Waals surface area contributed by atoms with Gasteiger partial charge in [0.2, 0.25) is 15.9 Å². The summed E-state index contributed by atoms with van der Waals surface area (Å²) >= 11 is 0. The van der Waals surface area contributed by atoms with Gasteiger partial charge in [0.15, 0.2) is 17.3 Å². The molecule has 0 bridgehead atoms. The Kier molecular flexibility index (Phi) is 8.15. The van der Waals surface area contributed by atoms with E-state index in [9.17, 15) is 13.2 Å². The van der Waals surface area contributed by atoms with Gasteiger partial charge in [-0.25, -0.2) is 8.42 Å². The van der Waals surface area contributed by atoms with Gasteiger partial charge in [0.05, 0.1) is 13.2 Å². The molecule has 180 valence electrons. The molecular formula is C23H31N3O6S. The fourth-order valence-corrected chi connectivity index (χ4v) is 5.53. The lowest BCUT2D eigenvalue weighted by molar-refractivity contribution is -0.125. The van der Waals surface area contributed by atoms with Crippen LogP contribution in [0.3, 0.4) is 0 Å². The molecule has 1 aliphatic heterocycles. The molecule has 0 atom stereocenters. The SMILES string of the molecule is CCOc1ccc(/C=C/C(=O)N2CCCN(S(=O)(=O)c3c(C)noc3C)CC2)cc1OCC. The number of hydrogen-bond donors (Lipinski definition) is 0. The van der Waals surface area contributed by atoms with E-state index >= 15 is 0 Å². The number of sulfonamides is 1. The van der Waals surface area contributed by atoms with E-state index in [1.807, 2.05) is 32.0 Å². The van der Waals surface area contributed by atoms with Crippen LogP contribution < -0.4 is 9.47 Å². The lowest BCUT2D eigenvalue weighted by atomic mass is 10.2. The first-order chi connectivity index (χ1) is 15.8. The summed E-state index contributed by atoms with van der Waals surface area (Å²) in [5, 5.41) is 3.76. The van der Waals surface area contributed by atoms with Crippen molar-refractivity contribution in [3.63, 3.8) is 0 Å². The number of aromatic nitrogens is 1. The van der Waals surface area contributed by atoms with E-state index in [1.165, 1.54) is 10.4 Å². The van der Waals surface area contributed by atoms with Crippen molar-refractivity contribution in [3.8, 4) is 11.5 Å². The molecule has 1 fully saturated rings. The minimum atomic E-state index is -3.73. The van der Waals surface area contributed by atoms with Crippen LogP contribution in [0.25, 0.3) is 6.08 Å². The number of hydrogen-bond acceptors (Lipinski definition) is 7. The van der Waals surface area contributed by atoms with Crippen molar-refractivity contribution in [2.75, 3.05) is 39.4 Å². The van der Waals surface area contributed by atoms with Crippen molar-refractivity contribution in [1.29, 1.82) is 0 Å². The fourth-order valence-electron chi connectivity index (χ4n) is 3.77. The van der Waals surface area contributed by atoms with Crippen LogP contribution in [0.15, 0.2) is 33.7 Å².